The van der Waals surface area contributed by atoms with E-state index >= 15 is 0 Å². The van der Waals surface area contributed by atoms with Crippen molar-refractivity contribution < 1.29 is 19.1 Å². The van der Waals surface area contributed by atoms with Crippen LogP contribution in [0.1, 0.15) is 57.8 Å². The van der Waals surface area contributed by atoms with Crippen LogP contribution in [0, 0.1) is 5.92 Å². The highest BCUT2D eigenvalue weighted by Gasteiger charge is 2.30. The molecule has 7 nitrogen and oxygen atoms in total. The molecule has 1 heterocycles. The van der Waals surface area contributed by atoms with Crippen LogP contribution in [-0.2, 0) is 9.53 Å². The van der Waals surface area contributed by atoms with Gasteiger partial charge in [-0.2, -0.15) is 0 Å². The van der Waals surface area contributed by atoms with E-state index in [2.05, 4.69) is 10.6 Å². The maximum Gasteiger partial charge on any atom is 0.410 e. The van der Waals surface area contributed by atoms with E-state index in [9.17, 15) is 14.4 Å². The molecule has 0 radical (unpaired) electrons. The third kappa shape index (κ3) is 7.20. The van der Waals surface area contributed by atoms with Gasteiger partial charge in [-0.05, 0) is 63.8 Å². The Balaban J connectivity index is 1.89. The van der Waals surface area contributed by atoms with Crippen LogP contribution in [0.2, 0.25) is 5.02 Å². The number of nitrogens with zero attached hydrogens (tertiary/aromatic N) is 1. The normalized spacial score (nSPS) is 16.2. The summed E-state index contributed by atoms with van der Waals surface area (Å²) in [6, 6.07) is 5.82. The molecule has 1 fully saturated rings. The van der Waals surface area contributed by atoms with Crippen molar-refractivity contribution >= 4 is 29.5 Å². The van der Waals surface area contributed by atoms with Gasteiger partial charge in [-0.1, -0.05) is 25.4 Å². The lowest BCUT2D eigenvalue weighted by molar-refractivity contribution is -0.124. The molecule has 1 atom stereocenters. The number of rotatable bonds is 5. The Labute approximate surface area is 183 Å². The summed E-state index contributed by atoms with van der Waals surface area (Å²) in [5, 5.41) is 6.38. The van der Waals surface area contributed by atoms with Gasteiger partial charge in [-0.25, -0.2) is 4.79 Å². The fourth-order valence-electron chi connectivity index (χ4n) is 3.18. The Hall–Kier alpha value is -2.28. The number of carbonyl (C=O) groups is 3. The highest BCUT2D eigenvalue weighted by Crippen LogP contribution is 2.16. The molecule has 1 unspecified atom stereocenters. The fourth-order valence-corrected chi connectivity index (χ4v) is 3.31. The SMILES string of the molecule is CC(C)C(NC(=O)c1ccc(Cl)cc1)C(=O)NC1CCN(C(=O)OC(C)(C)C)CC1. The van der Waals surface area contributed by atoms with Gasteiger partial charge in [0, 0.05) is 29.7 Å². The molecule has 8 heteroatoms. The largest absolute Gasteiger partial charge is 0.444 e. The van der Waals surface area contributed by atoms with Gasteiger partial charge < -0.3 is 20.3 Å². The number of nitrogens with one attached hydrogen (secondary N) is 2. The van der Waals surface area contributed by atoms with E-state index in [-0.39, 0.29) is 29.9 Å². The Morgan fingerprint density at radius 2 is 1.67 bits per heavy atom. The molecule has 0 aliphatic carbocycles. The molecular weight excluding hydrogens is 406 g/mol. The van der Waals surface area contributed by atoms with Crippen molar-refractivity contribution in [2.75, 3.05) is 13.1 Å². The Morgan fingerprint density at radius 1 is 1.10 bits per heavy atom. The molecule has 166 valence electrons. The first kappa shape index (κ1) is 24.0. The first-order valence-electron chi connectivity index (χ1n) is 10.3. The highest BCUT2D eigenvalue weighted by atomic mass is 35.5. The average Bonchev–Trinajstić information content (AvgIpc) is 2.65. The van der Waals surface area contributed by atoms with Crippen molar-refractivity contribution in [2.45, 2.75) is 65.1 Å². The Morgan fingerprint density at radius 3 is 2.17 bits per heavy atom. The molecule has 0 aromatic heterocycles. The zero-order valence-corrected chi connectivity index (χ0v) is 19.1. The maximum atomic E-state index is 12.8. The van der Waals surface area contributed by atoms with E-state index in [1.165, 1.54) is 0 Å². The number of amides is 3. The molecule has 1 aliphatic heterocycles. The minimum Gasteiger partial charge on any atom is -0.444 e. The molecule has 1 aromatic rings. The number of likely N-dealkylation sites (tertiary alicyclic amines) is 1. The van der Waals surface area contributed by atoms with Crippen LogP contribution in [0.15, 0.2) is 24.3 Å². The first-order chi connectivity index (χ1) is 14.0. The molecule has 0 spiro atoms. The summed E-state index contributed by atoms with van der Waals surface area (Å²) in [6.45, 7) is 10.3. The zero-order valence-electron chi connectivity index (χ0n) is 18.3. The summed E-state index contributed by atoms with van der Waals surface area (Å²) in [7, 11) is 0. The summed E-state index contributed by atoms with van der Waals surface area (Å²) < 4.78 is 5.40. The summed E-state index contributed by atoms with van der Waals surface area (Å²) in [4.78, 5) is 39.2. The van der Waals surface area contributed by atoms with Crippen molar-refractivity contribution in [3.8, 4) is 0 Å². The molecule has 2 N–H and O–H groups in total. The summed E-state index contributed by atoms with van der Waals surface area (Å²) in [6.07, 6.45) is 0.949. The van der Waals surface area contributed by atoms with Gasteiger partial charge in [0.05, 0.1) is 0 Å². The summed E-state index contributed by atoms with van der Waals surface area (Å²) in [5.74, 6) is -0.619. The second-order valence-corrected chi connectivity index (χ2v) is 9.39. The molecule has 0 bridgehead atoms. The number of halogens is 1. The van der Waals surface area contributed by atoms with Gasteiger partial charge in [-0.15, -0.1) is 0 Å². The van der Waals surface area contributed by atoms with E-state index in [1.54, 1.807) is 29.2 Å². The number of ether oxygens (including phenoxy) is 1. The predicted octanol–water partition coefficient (Wildman–Crippen LogP) is 3.61. The first-order valence-corrected chi connectivity index (χ1v) is 10.7. The minimum absolute atomic E-state index is 0.0510. The van der Waals surface area contributed by atoms with E-state index in [1.807, 2.05) is 34.6 Å². The molecule has 3 amide bonds. The van der Waals surface area contributed by atoms with Gasteiger partial charge in [0.15, 0.2) is 0 Å². The van der Waals surface area contributed by atoms with E-state index < -0.39 is 11.6 Å². The lowest BCUT2D eigenvalue weighted by Crippen LogP contribution is -2.54. The van der Waals surface area contributed by atoms with E-state index in [0.717, 1.165) is 0 Å². The smallest absolute Gasteiger partial charge is 0.410 e. The molecule has 1 aromatic carbocycles. The van der Waals surface area contributed by atoms with Gasteiger partial charge in [0.2, 0.25) is 5.91 Å². The van der Waals surface area contributed by atoms with Gasteiger partial charge in [0.1, 0.15) is 11.6 Å². The third-order valence-corrected chi connectivity index (χ3v) is 5.09. The average molecular weight is 438 g/mol. The Kier molecular flexibility index (Phi) is 8.12. The van der Waals surface area contributed by atoms with Crippen LogP contribution in [0.3, 0.4) is 0 Å². The van der Waals surface area contributed by atoms with Crippen LogP contribution < -0.4 is 10.6 Å². The van der Waals surface area contributed by atoms with E-state index in [0.29, 0.717) is 36.5 Å². The van der Waals surface area contributed by atoms with Crippen LogP contribution in [0.25, 0.3) is 0 Å². The minimum atomic E-state index is -0.655. The number of carbonyl (C=O) groups excluding carboxylic acids is 3. The van der Waals surface area contributed by atoms with Crippen LogP contribution in [-0.4, -0.2) is 53.6 Å². The molecule has 1 aliphatic rings. The lowest BCUT2D eigenvalue weighted by Gasteiger charge is -2.34. The van der Waals surface area contributed by atoms with Crippen molar-refractivity contribution in [1.82, 2.24) is 15.5 Å². The zero-order chi connectivity index (χ0) is 22.5. The topological polar surface area (TPSA) is 87.7 Å². The molecular formula is C22H32ClN3O4. The van der Waals surface area contributed by atoms with Crippen molar-refractivity contribution in [3.05, 3.63) is 34.9 Å². The van der Waals surface area contributed by atoms with Crippen LogP contribution >= 0.6 is 11.6 Å². The number of hydrogen-bond acceptors (Lipinski definition) is 4. The third-order valence-electron chi connectivity index (χ3n) is 4.84. The second-order valence-electron chi connectivity index (χ2n) is 8.95. The Bertz CT molecular complexity index is 751. The van der Waals surface area contributed by atoms with Gasteiger partial charge in [-0.3, -0.25) is 9.59 Å². The van der Waals surface area contributed by atoms with Gasteiger partial charge in [0.25, 0.3) is 5.91 Å². The van der Waals surface area contributed by atoms with Crippen LogP contribution in [0.4, 0.5) is 4.79 Å². The highest BCUT2D eigenvalue weighted by molar-refractivity contribution is 6.30. The van der Waals surface area contributed by atoms with Crippen molar-refractivity contribution in [1.29, 1.82) is 0 Å². The van der Waals surface area contributed by atoms with Crippen molar-refractivity contribution in [3.63, 3.8) is 0 Å². The van der Waals surface area contributed by atoms with E-state index in [4.69, 9.17) is 16.3 Å². The summed E-state index contributed by atoms with van der Waals surface area (Å²) >= 11 is 5.86. The lowest BCUT2D eigenvalue weighted by atomic mass is 10.00. The molecule has 2 rings (SSSR count). The van der Waals surface area contributed by atoms with Gasteiger partial charge >= 0.3 is 6.09 Å². The standard InChI is InChI=1S/C22H32ClN3O4/c1-14(2)18(25-19(27)15-6-8-16(23)9-7-15)20(28)24-17-10-12-26(13-11-17)21(29)30-22(3,4)5/h6-9,14,17-18H,10-13H2,1-5H3,(H,24,28)(H,25,27). The van der Waals surface area contributed by atoms with Crippen molar-refractivity contribution in [2.24, 2.45) is 5.92 Å². The molecule has 30 heavy (non-hydrogen) atoms. The van der Waals surface area contributed by atoms with Crippen LogP contribution in [0.5, 0.6) is 0 Å². The molecule has 1 saturated heterocycles. The fraction of sp³-hybridized carbons (Fsp3) is 0.591. The second kappa shape index (κ2) is 10.2. The monoisotopic (exact) mass is 437 g/mol. The quantitative estimate of drug-likeness (QED) is 0.736. The number of benzene rings is 1. The number of hydrogen-bond donors (Lipinski definition) is 2. The molecule has 0 saturated carbocycles. The number of piperidine rings is 1. The summed E-state index contributed by atoms with van der Waals surface area (Å²) in [5.41, 5.74) is -0.0851. The predicted molar refractivity (Wildman–Crippen MR) is 117 cm³/mol. The maximum absolute atomic E-state index is 12.8.